The molecular formula is C15H13ClN4. The molecular weight excluding hydrogens is 272 g/mol. The van der Waals surface area contributed by atoms with Gasteiger partial charge < -0.3 is 0 Å². The molecule has 3 rings (SSSR count). The third-order valence-electron chi connectivity index (χ3n) is 3.16. The molecule has 3 aromatic rings. The molecule has 0 aliphatic carbocycles. The van der Waals surface area contributed by atoms with Crippen molar-refractivity contribution < 1.29 is 0 Å². The van der Waals surface area contributed by atoms with Gasteiger partial charge in [-0.3, -0.25) is 9.55 Å². The highest BCUT2D eigenvalue weighted by molar-refractivity contribution is 6.28. The number of rotatable bonds is 3. The van der Waals surface area contributed by atoms with Gasteiger partial charge in [-0.1, -0.05) is 36.4 Å². The number of aryl methyl sites for hydroxylation is 1. The van der Waals surface area contributed by atoms with E-state index in [1.807, 2.05) is 54.0 Å². The summed E-state index contributed by atoms with van der Waals surface area (Å²) in [6, 6.07) is 13.8. The van der Waals surface area contributed by atoms with Crippen LogP contribution in [0.5, 0.6) is 0 Å². The van der Waals surface area contributed by atoms with Crippen molar-refractivity contribution in [3.63, 3.8) is 0 Å². The zero-order valence-corrected chi connectivity index (χ0v) is 11.7. The quantitative estimate of drug-likeness (QED) is 0.741. The van der Waals surface area contributed by atoms with Crippen LogP contribution in [0.15, 0.2) is 48.7 Å². The predicted molar refractivity (Wildman–Crippen MR) is 78.5 cm³/mol. The van der Waals surface area contributed by atoms with E-state index in [9.17, 15) is 0 Å². The van der Waals surface area contributed by atoms with Gasteiger partial charge in [-0.05, 0) is 30.2 Å². The second kappa shape index (κ2) is 5.43. The van der Waals surface area contributed by atoms with Gasteiger partial charge >= 0.3 is 0 Å². The van der Waals surface area contributed by atoms with Crippen molar-refractivity contribution in [2.75, 3.05) is 0 Å². The molecule has 0 saturated heterocycles. The van der Waals surface area contributed by atoms with E-state index in [4.69, 9.17) is 11.6 Å². The summed E-state index contributed by atoms with van der Waals surface area (Å²) in [5.74, 6) is 0.751. The van der Waals surface area contributed by atoms with E-state index in [2.05, 4.69) is 15.2 Å². The van der Waals surface area contributed by atoms with Gasteiger partial charge in [0, 0.05) is 11.8 Å². The molecule has 0 atom stereocenters. The van der Waals surface area contributed by atoms with Crippen LogP contribution in [0.4, 0.5) is 0 Å². The van der Waals surface area contributed by atoms with E-state index in [0.29, 0.717) is 11.8 Å². The summed E-state index contributed by atoms with van der Waals surface area (Å²) in [6.45, 7) is 2.59. The minimum Gasteiger partial charge on any atom is -0.292 e. The fraction of sp³-hybridized carbons (Fsp3) is 0.133. The third-order valence-corrected chi connectivity index (χ3v) is 3.44. The van der Waals surface area contributed by atoms with E-state index in [1.165, 1.54) is 0 Å². The maximum atomic E-state index is 6.16. The minimum absolute atomic E-state index is 0.369. The fourth-order valence-electron chi connectivity index (χ4n) is 2.06. The number of benzene rings is 1. The smallest absolute Gasteiger partial charge is 0.225 e. The normalized spacial score (nSPS) is 10.7. The van der Waals surface area contributed by atoms with Crippen LogP contribution in [0.25, 0.3) is 11.4 Å². The molecule has 0 aliphatic heterocycles. The molecule has 0 fully saturated rings. The average molecular weight is 285 g/mol. The van der Waals surface area contributed by atoms with E-state index >= 15 is 0 Å². The predicted octanol–water partition coefficient (Wildman–Crippen LogP) is 3.35. The van der Waals surface area contributed by atoms with Gasteiger partial charge in [-0.2, -0.15) is 0 Å². The highest BCUT2D eigenvalue weighted by Gasteiger charge is 2.13. The molecule has 0 N–H and O–H groups in total. The number of pyridine rings is 1. The number of hydrogen-bond acceptors (Lipinski definition) is 3. The molecule has 0 aliphatic rings. The molecule has 0 unspecified atom stereocenters. The molecule has 0 amide bonds. The van der Waals surface area contributed by atoms with Gasteiger partial charge in [0.15, 0.2) is 5.82 Å². The Balaban J connectivity index is 2.03. The first-order chi connectivity index (χ1) is 9.75. The van der Waals surface area contributed by atoms with Crippen molar-refractivity contribution in [2.24, 2.45) is 0 Å². The van der Waals surface area contributed by atoms with Crippen LogP contribution in [0.2, 0.25) is 5.28 Å². The van der Waals surface area contributed by atoms with Gasteiger partial charge in [0.1, 0.15) is 0 Å². The molecule has 4 nitrogen and oxygen atoms in total. The lowest BCUT2D eigenvalue weighted by molar-refractivity contribution is 0.772. The minimum atomic E-state index is 0.369. The first-order valence-corrected chi connectivity index (χ1v) is 6.68. The molecule has 0 saturated carbocycles. The molecule has 0 bridgehead atoms. The standard InChI is InChI=1S/C15H13ClN4/c1-11-6-5-9-17-13(11)10-20-14(18-19-15(20)16)12-7-3-2-4-8-12/h2-9H,10H2,1H3. The van der Waals surface area contributed by atoms with Crippen LogP contribution < -0.4 is 0 Å². The highest BCUT2D eigenvalue weighted by atomic mass is 35.5. The number of halogens is 1. The zero-order chi connectivity index (χ0) is 13.9. The van der Waals surface area contributed by atoms with Crippen molar-refractivity contribution in [3.05, 3.63) is 65.2 Å². The molecule has 1 aromatic carbocycles. The van der Waals surface area contributed by atoms with Gasteiger partial charge in [-0.15, -0.1) is 10.2 Å². The molecule has 100 valence electrons. The second-order valence-corrected chi connectivity index (χ2v) is 4.85. The van der Waals surface area contributed by atoms with Crippen molar-refractivity contribution in [1.82, 2.24) is 19.7 Å². The Morgan fingerprint density at radius 3 is 2.60 bits per heavy atom. The van der Waals surface area contributed by atoms with Gasteiger partial charge in [0.2, 0.25) is 5.28 Å². The number of nitrogens with zero attached hydrogens (tertiary/aromatic N) is 4. The summed E-state index contributed by atoms with van der Waals surface area (Å²) < 4.78 is 1.87. The van der Waals surface area contributed by atoms with Crippen LogP contribution in [0.1, 0.15) is 11.3 Å². The Bertz CT molecular complexity index is 722. The summed E-state index contributed by atoms with van der Waals surface area (Å²) in [4.78, 5) is 4.39. The van der Waals surface area contributed by atoms with Crippen molar-refractivity contribution >= 4 is 11.6 Å². The lowest BCUT2D eigenvalue weighted by atomic mass is 10.2. The van der Waals surface area contributed by atoms with Crippen LogP contribution >= 0.6 is 11.6 Å². The van der Waals surface area contributed by atoms with E-state index in [1.54, 1.807) is 6.20 Å². The summed E-state index contributed by atoms with van der Waals surface area (Å²) in [5, 5.41) is 8.50. The average Bonchev–Trinajstić information content (AvgIpc) is 2.84. The van der Waals surface area contributed by atoms with E-state index < -0.39 is 0 Å². The lowest BCUT2D eigenvalue weighted by Gasteiger charge is -2.09. The third kappa shape index (κ3) is 2.42. The van der Waals surface area contributed by atoms with Crippen molar-refractivity contribution in [2.45, 2.75) is 13.5 Å². The maximum Gasteiger partial charge on any atom is 0.225 e. The summed E-state index contributed by atoms with van der Waals surface area (Å²) in [7, 11) is 0. The first-order valence-electron chi connectivity index (χ1n) is 6.30. The molecule has 2 heterocycles. The summed E-state index contributed by atoms with van der Waals surface area (Å²) in [5.41, 5.74) is 3.07. The molecule has 5 heteroatoms. The van der Waals surface area contributed by atoms with Crippen LogP contribution in [0, 0.1) is 6.92 Å². The largest absolute Gasteiger partial charge is 0.292 e. The van der Waals surface area contributed by atoms with Gasteiger partial charge in [0.05, 0.1) is 12.2 Å². The maximum absolute atomic E-state index is 6.16. The topological polar surface area (TPSA) is 43.6 Å². The van der Waals surface area contributed by atoms with Crippen LogP contribution in [-0.4, -0.2) is 19.7 Å². The summed E-state index contributed by atoms with van der Waals surface area (Å²) >= 11 is 6.16. The Kier molecular flexibility index (Phi) is 3.48. The van der Waals surface area contributed by atoms with E-state index in [-0.39, 0.29) is 0 Å². The monoisotopic (exact) mass is 284 g/mol. The molecule has 2 aromatic heterocycles. The number of aromatic nitrogens is 4. The molecule has 20 heavy (non-hydrogen) atoms. The molecule has 0 spiro atoms. The Morgan fingerprint density at radius 1 is 1.05 bits per heavy atom. The summed E-state index contributed by atoms with van der Waals surface area (Å²) in [6.07, 6.45) is 1.78. The van der Waals surface area contributed by atoms with E-state index in [0.717, 1.165) is 22.6 Å². The van der Waals surface area contributed by atoms with Crippen molar-refractivity contribution in [3.8, 4) is 11.4 Å². The van der Waals surface area contributed by atoms with Gasteiger partial charge in [-0.25, -0.2) is 0 Å². The Hall–Kier alpha value is -2.20. The fourth-order valence-corrected chi connectivity index (χ4v) is 2.24. The van der Waals surface area contributed by atoms with Crippen LogP contribution in [0.3, 0.4) is 0 Å². The highest BCUT2D eigenvalue weighted by Crippen LogP contribution is 2.21. The Morgan fingerprint density at radius 2 is 1.85 bits per heavy atom. The SMILES string of the molecule is Cc1cccnc1Cn1c(Cl)nnc1-c1ccccc1. The van der Waals surface area contributed by atoms with Gasteiger partial charge in [0.25, 0.3) is 0 Å². The Labute approximate surface area is 122 Å². The molecule has 0 radical (unpaired) electrons. The number of hydrogen-bond donors (Lipinski definition) is 0. The lowest BCUT2D eigenvalue weighted by Crippen LogP contribution is -2.05. The second-order valence-electron chi connectivity index (χ2n) is 4.51. The first kappa shape index (κ1) is 12.8. The van der Waals surface area contributed by atoms with Crippen molar-refractivity contribution in [1.29, 1.82) is 0 Å². The van der Waals surface area contributed by atoms with Crippen LogP contribution in [-0.2, 0) is 6.54 Å². The zero-order valence-electron chi connectivity index (χ0n) is 11.0.